The number of aromatic nitrogens is 1. The number of fused-ring (bicyclic) bond motifs is 12. The molecule has 10 rings (SSSR count). The molecule has 4 heterocycles. The summed E-state index contributed by atoms with van der Waals surface area (Å²) >= 11 is 0. The Labute approximate surface area is 380 Å². The number of hydrogen-bond donors (Lipinski definition) is 8. The molecule has 7 atom stereocenters. The number of aliphatic hydroxyl groups is 2. The standard InChI is InChI=1S/C53H60N4O8/c1-30(2)24-52(3,61)27-55-28-57-46-7-5-6-20-62-45-22-33(9-16-44(45)60)51-53(46,63-29-54-4)25-41-40-23-39-35(31-8-15-42-32(21-31)18-19-56-42)12-13-36-43(59)17-14-37(47(36)39)48(40)50-38(49(41)65-51)11-10-34(26-58)64-50/h8-9,12-19,21-22,30,34-35,39,46,51,54-61H,6,10-11,20,23-29H2,1-4H3. The van der Waals surface area contributed by atoms with Crippen LogP contribution in [-0.4, -0.2) is 89.0 Å². The molecule has 12 heteroatoms. The van der Waals surface area contributed by atoms with E-state index in [2.05, 4.69) is 83.0 Å². The Morgan fingerprint density at radius 3 is 2.68 bits per heavy atom. The minimum Gasteiger partial charge on any atom is -0.507 e. The Hall–Kier alpha value is -5.52. The van der Waals surface area contributed by atoms with E-state index in [-0.39, 0.29) is 43.3 Å². The molecule has 4 aromatic carbocycles. The molecule has 12 nitrogen and oxygen atoms in total. The molecule has 5 aromatic rings. The molecular weight excluding hydrogens is 821 g/mol. The summed E-state index contributed by atoms with van der Waals surface area (Å²) in [5.74, 6) is 9.27. The van der Waals surface area contributed by atoms with E-state index in [0.717, 1.165) is 61.2 Å². The summed E-state index contributed by atoms with van der Waals surface area (Å²) in [6.07, 6.45) is 8.40. The van der Waals surface area contributed by atoms with Crippen LogP contribution in [-0.2, 0) is 24.0 Å². The number of allylic oxidation sites excluding steroid dienone is 1. The first-order chi connectivity index (χ1) is 31.5. The normalized spacial score (nSPS) is 24.6. The van der Waals surface area contributed by atoms with Gasteiger partial charge in [0.25, 0.3) is 0 Å². The summed E-state index contributed by atoms with van der Waals surface area (Å²) in [5.41, 5.74) is 7.83. The Kier molecular flexibility index (Phi) is 11.6. The number of phenolic OH excluding ortho intramolecular Hbond substituents is 2. The van der Waals surface area contributed by atoms with Crippen LogP contribution in [0.1, 0.15) is 96.9 Å². The van der Waals surface area contributed by atoms with Crippen LogP contribution in [0.3, 0.4) is 0 Å². The van der Waals surface area contributed by atoms with Crippen molar-refractivity contribution in [1.29, 1.82) is 0 Å². The van der Waals surface area contributed by atoms with Crippen LogP contribution in [0, 0.1) is 17.8 Å². The van der Waals surface area contributed by atoms with E-state index in [9.17, 15) is 20.4 Å². The van der Waals surface area contributed by atoms with Gasteiger partial charge in [0.15, 0.2) is 17.6 Å². The Morgan fingerprint density at radius 1 is 1.00 bits per heavy atom. The lowest BCUT2D eigenvalue weighted by molar-refractivity contribution is -0.141. The topological polar surface area (TPSA) is 170 Å². The third-order valence-corrected chi connectivity index (χ3v) is 14.0. The minimum absolute atomic E-state index is 0.00728. The molecule has 8 N–H and O–H groups in total. The molecular formula is C53H60N4O8. The second kappa shape index (κ2) is 17.4. The maximum absolute atomic E-state index is 11.5. The Balaban J connectivity index is 1.17. The number of aromatic hydroxyl groups is 2. The number of ether oxygens (including phenoxy) is 4. The number of aliphatic hydroxyl groups excluding tert-OH is 1. The molecule has 0 saturated carbocycles. The van der Waals surface area contributed by atoms with E-state index in [4.69, 9.17) is 18.9 Å². The predicted octanol–water partition coefficient (Wildman–Crippen LogP) is 7.08. The van der Waals surface area contributed by atoms with Gasteiger partial charge in [0.05, 0.1) is 25.5 Å². The van der Waals surface area contributed by atoms with E-state index in [1.54, 1.807) is 12.1 Å². The van der Waals surface area contributed by atoms with Crippen molar-refractivity contribution in [3.8, 4) is 51.7 Å². The quantitative estimate of drug-likeness (QED) is 0.0366. The van der Waals surface area contributed by atoms with Crippen LogP contribution >= 0.6 is 0 Å². The zero-order valence-corrected chi connectivity index (χ0v) is 37.6. The van der Waals surface area contributed by atoms with Crippen LogP contribution in [0.5, 0.6) is 28.7 Å². The number of rotatable bonds is 12. The molecule has 340 valence electrons. The fourth-order valence-electron chi connectivity index (χ4n) is 11.3. The van der Waals surface area contributed by atoms with Crippen molar-refractivity contribution < 1.29 is 39.4 Å². The molecule has 2 bridgehead atoms. The first-order valence-electron chi connectivity index (χ1n) is 23.1. The molecule has 5 aliphatic rings. The highest BCUT2D eigenvalue weighted by Gasteiger charge is 2.55. The molecule has 0 saturated heterocycles. The molecule has 7 unspecified atom stereocenters. The molecule has 0 spiro atoms. The number of benzene rings is 4. The highest BCUT2D eigenvalue weighted by Crippen LogP contribution is 2.61. The van der Waals surface area contributed by atoms with Gasteiger partial charge in [-0.2, -0.15) is 0 Å². The SMILES string of the molecule is CNCOC12Cc3c4c(c5c(c3OC1c1ccc(O)c(c1)OCCC#CC2NCNCC(C)(O)CC(C)C)CCC(CO)O5)-c1ccc(O)c2c1C(C4)C(c1ccc3[nH]ccc3c1)C=C2. The molecule has 2 aliphatic carbocycles. The predicted molar refractivity (Wildman–Crippen MR) is 251 cm³/mol. The molecule has 1 aromatic heterocycles. The van der Waals surface area contributed by atoms with Crippen molar-refractivity contribution in [3.63, 3.8) is 0 Å². The van der Waals surface area contributed by atoms with E-state index in [0.29, 0.717) is 69.2 Å². The lowest BCUT2D eigenvalue weighted by Crippen LogP contribution is -2.62. The van der Waals surface area contributed by atoms with E-state index < -0.39 is 29.5 Å². The largest absolute Gasteiger partial charge is 0.507 e. The fourth-order valence-corrected chi connectivity index (χ4v) is 11.3. The third kappa shape index (κ3) is 7.82. The molecule has 3 aliphatic heterocycles. The van der Waals surface area contributed by atoms with Crippen LogP contribution in [0.25, 0.3) is 28.1 Å². The third-order valence-electron chi connectivity index (χ3n) is 14.0. The number of aromatic amines is 1. The first kappa shape index (κ1) is 43.4. The summed E-state index contributed by atoms with van der Waals surface area (Å²) in [5, 5.41) is 55.8. The first-order valence-corrected chi connectivity index (χ1v) is 23.1. The smallest absolute Gasteiger partial charge is 0.161 e. The van der Waals surface area contributed by atoms with Gasteiger partial charge in [0.2, 0.25) is 0 Å². The molecule has 0 amide bonds. The second-order valence-corrected chi connectivity index (χ2v) is 19.2. The van der Waals surface area contributed by atoms with Gasteiger partial charge in [-0.1, -0.05) is 56.0 Å². The molecule has 65 heavy (non-hydrogen) atoms. The highest BCUT2D eigenvalue weighted by atomic mass is 16.6. The minimum atomic E-state index is -1.17. The Morgan fingerprint density at radius 2 is 1.85 bits per heavy atom. The number of H-pyrrole nitrogens is 1. The van der Waals surface area contributed by atoms with Gasteiger partial charge in [0, 0.05) is 65.9 Å². The fraction of sp³-hybridized carbons (Fsp3) is 0.434. The number of phenols is 2. The van der Waals surface area contributed by atoms with E-state index in [1.165, 1.54) is 5.56 Å². The summed E-state index contributed by atoms with van der Waals surface area (Å²) in [4.78, 5) is 3.34. The van der Waals surface area contributed by atoms with Crippen molar-refractivity contribution in [1.82, 2.24) is 20.9 Å². The van der Waals surface area contributed by atoms with Crippen LogP contribution in [0.4, 0.5) is 0 Å². The maximum Gasteiger partial charge on any atom is 0.161 e. The van der Waals surface area contributed by atoms with Crippen molar-refractivity contribution in [2.75, 3.05) is 40.2 Å². The summed E-state index contributed by atoms with van der Waals surface area (Å²) in [7, 11) is 1.85. The number of nitrogens with one attached hydrogen (secondary N) is 4. The van der Waals surface area contributed by atoms with Crippen molar-refractivity contribution in [2.45, 2.75) is 101 Å². The van der Waals surface area contributed by atoms with Gasteiger partial charge in [0.1, 0.15) is 35.0 Å². The Bertz CT molecular complexity index is 2710. The zero-order valence-electron chi connectivity index (χ0n) is 37.6. The summed E-state index contributed by atoms with van der Waals surface area (Å²) < 4.78 is 27.8. The van der Waals surface area contributed by atoms with Crippen molar-refractivity contribution in [3.05, 3.63) is 106 Å². The zero-order chi connectivity index (χ0) is 45.0. The van der Waals surface area contributed by atoms with Gasteiger partial charge in [-0.05, 0) is 121 Å². The summed E-state index contributed by atoms with van der Waals surface area (Å²) in [6, 6.07) is 17.3. The van der Waals surface area contributed by atoms with Gasteiger partial charge >= 0.3 is 0 Å². The lowest BCUT2D eigenvalue weighted by Gasteiger charge is -2.50. The van der Waals surface area contributed by atoms with Gasteiger partial charge < -0.3 is 49.7 Å². The van der Waals surface area contributed by atoms with Gasteiger partial charge in [-0.25, -0.2) is 0 Å². The molecule has 0 fully saturated rings. The average molecular weight is 881 g/mol. The van der Waals surface area contributed by atoms with Crippen molar-refractivity contribution >= 4 is 17.0 Å². The monoisotopic (exact) mass is 880 g/mol. The van der Waals surface area contributed by atoms with Crippen LogP contribution < -0.4 is 30.2 Å². The van der Waals surface area contributed by atoms with Crippen molar-refractivity contribution in [2.24, 2.45) is 5.92 Å². The summed E-state index contributed by atoms with van der Waals surface area (Å²) in [6.45, 7) is 7.11. The van der Waals surface area contributed by atoms with Gasteiger partial charge in [-0.15, -0.1) is 0 Å². The average Bonchev–Trinajstić information content (AvgIpc) is 3.77. The van der Waals surface area contributed by atoms with E-state index in [1.807, 2.05) is 38.4 Å². The maximum atomic E-state index is 11.5. The lowest BCUT2D eigenvalue weighted by atomic mass is 9.64. The van der Waals surface area contributed by atoms with Crippen LogP contribution in [0.2, 0.25) is 0 Å². The van der Waals surface area contributed by atoms with Gasteiger partial charge in [-0.3, -0.25) is 10.6 Å². The highest BCUT2D eigenvalue weighted by molar-refractivity contribution is 5.89. The second-order valence-electron chi connectivity index (χ2n) is 19.2. The van der Waals surface area contributed by atoms with E-state index >= 15 is 0 Å². The van der Waals surface area contributed by atoms with Crippen LogP contribution in [0.15, 0.2) is 66.9 Å². The number of hydrogen-bond acceptors (Lipinski definition) is 11. The molecule has 0 radical (unpaired) electrons.